The second kappa shape index (κ2) is 21.4. The molecule has 3 aliphatic heterocycles. The van der Waals surface area contributed by atoms with Crippen LogP contribution in [0.4, 0.5) is 11.9 Å². The van der Waals surface area contributed by atoms with Crippen molar-refractivity contribution >= 4 is 76.5 Å². The van der Waals surface area contributed by atoms with Gasteiger partial charge in [0.15, 0.2) is 41.1 Å². The van der Waals surface area contributed by atoms with E-state index in [2.05, 4.69) is 48.5 Å². The summed E-state index contributed by atoms with van der Waals surface area (Å²) in [6, 6.07) is 0. The van der Waals surface area contributed by atoms with Gasteiger partial charge in [-0.1, -0.05) is 4.98 Å². The number of hydrogen-bond donors (Lipinski definition) is 12. The van der Waals surface area contributed by atoms with E-state index in [9.17, 15) is 67.5 Å². The van der Waals surface area contributed by atoms with Crippen LogP contribution in [0.5, 0.6) is 0 Å². The molecule has 0 radical (unpaired) electrons. The summed E-state index contributed by atoms with van der Waals surface area (Å²) in [5, 5.41) is 33.1. The number of nitrogens with zero attached hydrogens (tertiary/aromatic N) is 9. The van der Waals surface area contributed by atoms with Crippen LogP contribution in [0.15, 0.2) is 33.4 Å². The summed E-state index contributed by atoms with van der Waals surface area (Å²) in [5.74, 6) is -0.498. The second-order valence-corrected chi connectivity index (χ2v) is 24.6. The van der Waals surface area contributed by atoms with Gasteiger partial charge in [0.25, 0.3) is 22.6 Å². The van der Waals surface area contributed by atoms with Crippen molar-refractivity contribution in [2.45, 2.75) is 100 Å². The number of nitrogens with one attached hydrogen (secondary N) is 3. The molecule has 78 heavy (non-hydrogen) atoms. The molecule has 0 saturated carbocycles. The van der Waals surface area contributed by atoms with Gasteiger partial charge in [-0.15, -0.1) is 0 Å². The number of rotatable bonds is 20. The minimum absolute atomic E-state index is 0.000541. The maximum absolute atomic E-state index is 14.4. The van der Waals surface area contributed by atoms with E-state index < -0.39 is 147 Å². The number of methoxy groups -OCH3 is 1. The van der Waals surface area contributed by atoms with Crippen molar-refractivity contribution < 1.29 is 104 Å². The number of aromatic nitrogens is 12. The van der Waals surface area contributed by atoms with Crippen molar-refractivity contribution in [1.82, 2.24) is 53.6 Å². The van der Waals surface area contributed by atoms with Gasteiger partial charge in [0.05, 0.1) is 45.2 Å². The van der Waals surface area contributed by atoms with Crippen LogP contribution in [0, 0.1) is 6.92 Å². The quantitative estimate of drug-likeness (QED) is 0.0265. The molecule has 9 heterocycles. The molecule has 0 spiro atoms. The van der Waals surface area contributed by atoms with Crippen LogP contribution in [0.2, 0.25) is 0 Å². The first kappa shape index (κ1) is 57.6. The highest BCUT2D eigenvalue weighted by Gasteiger charge is 2.55. The number of phosphoric acid groups is 3. The zero-order valence-corrected chi connectivity index (χ0v) is 44.5. The Morgan fingerprint density at radius 2 is 1.28 bits per heavy atom. The molecule has 6 aromatic heterocycles. The van der Waals surface area contributed by atoms with Crippen molar-refractivity contribution in [2.75, 3.05) is 38.0 Å². The summed E-state index contributed by atoms with van der Waals surface area (Å²) in [6.45, 7) is 2.30. The first-order chi connectivity index (χ1) is 36.5. The van der Waals surface area contributed by atoms with E-state index in [4.69, 9.17) is 48.7 Å². The van der Waals surface area contributed by atoms with Crippen molar-refractivity contribution in [3.8, 4) is 0 Å². The zero-order valence-electron chi connectivity index (χ0n) is 40.9. The number of phosphoric ester groups is 2. The maximum Gasteiger partial charge on any atom is 0.490 e. The number of nitrogen functional groups attached to an aromatic ring is 2. The second-order valence-electron chi connectivity index (χ2n) is 18.1. The fourth-order valence-corrected chi connectivity index (χ4v) is 14.0. The van der Waals surface area contributed by atoms with Gasteiger partial charge in [-0.25, -0.2) is 33.2 Å². The standard InChI is InChI=1S/C36H50N14O24P4/c1-12(2)68-23-16(71-33(22(23)53)48-9-39-17-26(48)41-13(3)42-29(17)54)8-75(57,58)72-24-15(70-34(25(24)65-5)49-10-40-18-27(49)43-35(37)45-30(18)55)7-67-77(61,62)74-78(63,64)73-76(59,60)66-6-14-20(51)21(52)32(69-14)50-11-47(4)19-28(50)44-36(38)46-31(19)56/h9-12,14-16,20-25,32-34,51-53H,6-8H2,1-5H3,(H10-,37,38,41,42,43,44,45,46,54,55,56,57,58,59,60,61,62,63,64)/p+1/t14-,15-,16-,20?,21+,22+,23?,24?,25+,32-,33-,34-/m1/s1. The fraction of sp³-hybridized carbons (Fsp3) is 0.583. The predicted molar refractivity (Wildman–Crippen MR) is 255 cm³/mol. The van der Waals surface area contributed by atoms with Crippen LogP contribution < -0.4 is 32.7 Å². The highest BCUT2D eigenvalue weighted by Crippen LogP contribution is 2.68. The van der Waals surface area contributed by atoms with Crippen molar-refractivity contribution in [3.63, 3.8) is 0 Å². The molecule has 0 bridgehead atoms. The predicted octanol–water partition coefficient (Wildman–Crippen LogP) is -3.19. The van der Waals surface area contributed by atoms with E-state index in [-0.39, 0.29) is 51.2 Å². The smallest absolute Gasteiger partial charge is 0.387 e. The van der Waals surface area contributed by atoms with Crippen molar-refractivity contribution in [3.05, 3.63) is 55.9 Å². The largest absolute Gasteiger partial charge is 0.490 e. The fourth-order valence-electron chi connectivity index (χ4n) is 9.04. The highest BCUT2D eigenvalue weighted by atomic mass is 31.3. The van der Waals surface area contributed by atoms with Gasteiger partial charge in [0.2, 0.25) is 17.7 Å². The summed E-state index contributed by atoms with van der Waals surface area (Å²) in [7, 11) is -20.7. The van der Waals surface area contributed by atoms with Crippen LogP contribution in [0.3, 0.4) is 0 Å². The Balaban J connectivity index is 0.906. The first-order valence-corrected chi connectivity index (χ1v) is 29.0. The number of fused-ring (bicyclic) bond motifs is 3. The Bertz CT molecular complexity index is 3640. The van der Waals surface area contributed by atoms with E-state index in [1.807, 2.05) is 0 Å². The first-order valence-electron chi connectivity index (χ1n) is 22.8. The SMILES string of the molecule is CO[C@H]1C(OP(=O)(O)C[C@H]2O[C@@H](n3cnc4c(=O)[nH]c(C)nc43)[C@@H](O)C2OC(C)C)[C@@H](COP(=O)(O)OP(=O)(O)OP(=O)(O)OC[C@H]2O[C@@H]([n+]3cn(C)c4c(=O)[nH]c(N)nc43)[C@@H](O)C2O)O[C@H]1n1cnc2c(=O)[nH]c(N)nc21. The van der Waals surface area contributed by atoms with Crippen LogP contribution in [0.1, 0.15) is 38.4 Å². The summed E-state index contributed by atoms with van der Waals surface area (Å²) < 4.78 is 112. The molecule has 0 amide bonds. The summed E-state index contributed by atoms with van der Waals surface area (Å²) in [6.07, 6.45) is -17.6. The Labute approximate surface area is 434 Å². The molecule has 428 valence electrons. The van der Waals surface area contributed by atoms with Crippen LogP contribution in [-0.2, 0) is 71.2 Å². The van der Waals surface area contributed by atoms with Crippen LogP contribution in [-0.4, -0.2) is 176 Å². The lowest BCUT2D eigenvalue weighted by Gasteiger charge is -2.28. The molecule has 16 atom stereocenters. The monoisotopic (exact) mass is 1190 g/mol. The summed E-state index contributed by atoms with van der Waals surface area (Å²) in [5.41, 5.74) is 8.67. The zero-order chi connectivity index (χ0) is 56.7. The van der Waals surface area contributed by atoms with E-state index in [1.54, 1.807) is 13.8 Å². The minimum Gasteiger partial charge on any atom is -0.387 e. The summed E-state index contributed by atoms with van der Waals surface area (Å²) >= 11 is 0. The highest BCUT2D eigenvalue weighted by molar-refractivity contribution is 7.66. The minimum atomic E-state index is -6.22. The van der Waals surface area contributed by atoms with Gasteiger partial charge in [-0.2, -0.15) is 13.6 Å². The number of anilines is 2. The van der Waals surface area contributed by atoms with Crippen molar-refractivity contribution in [1.29, 1.82) is 0 Å². The molecule has 14 N–H and O–H groups in total. The number of aliphatic hydroxyl groups excluding tert-OH is 3. The molecule has 42 heteroatoms. The van der Waals surface area contributed by atoms with Gasteiger partial charge >= 0.3 is 36.7 Å². The number of H-pyrrole nitrogens is 3. The molecule has 9 rings (SSSR count). The number of hydrogen-bond acceptors (Lipinski definition) is 27. The van der Waals surface area contributed by atoms with Crippen LogP contribution in [0.25, 0.3) is 33.5 Å². The third kappa shape index (κ3) is 11.6. The van der Waals surface area contributed by atoms with Crippen molar-refractivity contribution in [2.24, 2.45) is 7.05 Å². The van der Waals surface area contributed by atoms with Gasteiger partial charge in [0, 0.05) is 7.11 Å². The Kier molecular flexibility index (Phi) is 15.8. The maximum atomic E-state index is 14.4. The number of imidazole rings is 3. The molecule has 38 nitrogen and oxygen atoms in total. The average molecular weight is 1190 g/mol. The molecule has 0 aromatic carbocycles. The molecular formula is C36H51N14O24P4+. The van der Waals surface area contributed by atoms with Gasteiger partial charge in [0.1, 0.15) is 60.8 Å². The Morgan fingerprint density at radius 3 is 1.91 bits per heavy atom. The Morgan fingerprint density at radius 1 is 0.718 bits per heavy atom. The van der Waals surface area contributed by atoms with Gasteiger partial charge in [-0.3, -0.25) is 56.2 Å². The average Bonchev–Trinajstić information content (AvgIpc) is 4.28. The number of nitrogens with two attached hydrogens (primary N) is 2. The number of aryl methyl sites for hydroxylation is 2. The van der Waals surface area contributed by atoms with E-state index >= 15 is 0 Å². The molecular weight excluding hydrogens is 1140 g/mol. The lowest BCUT2D eigenvalue weighted by molar-refractivity contribution is -0.745. The van der Waals surface area contributed by atoms with Gasteiger partial charge < -0.3 is 75.0 Å². The van der Waals surface area contributed by atoms with E-state index in [0.29, 0.717) is 0 Å². The molecule has 7 unspecified atom stereocenters. The topological polar surface area (TPSA) is 536 Å². The molecule has 3 aliphatic rings. The van der Waals surface area contributed by atoms with Gasteiger partial charge in [-0.05, 0) is 20.8 Å². The number of ether oxygens (including phenoxy) is 5. The van der Waals surface area contributed by atoms with Crippen LogP contribution >= 0.6 is 31.1 Å². The molecule has 3 saturated heterocycles. The number of aliphatic hydroxyl groups is 3. The van der Waals surface area contributed by atoms with E-state index in [1.165, 1.54) is 35.8 Å². The Hall–Kier alpha value is -5.11. The third-order valence-electron chi connectivity index (χ3n) is 12.2. The van der Waals surface area contributed by atoms with E-state index in [0.717, 1.165) is 22.6 Å². The normalized spacial score (nSPS) is 29.9. The molecule has 3 fully saturated rings. The molecule has 6 aromatic rings. The lowest BCUT2D eigenvalue weighted by atomic mass is 10.1. The summed E-state index contributed by atoms with van der Waals surface area (Å²) in [4.78, 5) is 109. The molecule has 0 aliphatic carbocycles. The number of aromatic amines is 3. The lowest BCUT2D eigenvalue weighted by Crippen LogP contribution is -2.46. The third-order valence-corrected chi connectivity index (χ3v) is 17.8.